The molecule has 0 fully saturated rings. The second kappa shape index (κ2) is 6.16. The smallest absolute Gasteiger partial charge is 0.257 e. The molecule has 23 heavy (non-hydrogen) atoms. The zero-order valence-electron chi connectivity index (χ0n) is 13.4. The van der Waals surface area contributed by atoms with Crippen LogP contribution in [0.15, 0.2) is 41.9 Å². The molecule has 5 heteroatoms. The Labute approximate surface area is 137 Å². The fourth-order valence-electron chi connectivity index (χ4n) is 2.73. The van der Waals surface area contributed by atoms with Crippen LogP contribution in [0.4, 0.5) is 5.69 Å². The van der Waals surface area contributed by atoms with E-state index in [4.69, 9.17) is 0 Å². The van der Waals surface area contributed by atoms with E-state index < -0.39 is 10.0 Å². The summed E-state index contributed by atoms with van der Waals surface area (Å²) in [5.74, 6) is 0. The third kappa shape index (κ3) is 3.29. The fourth-order valence-corrected chi connectivity index (χ4v) is 4.03. The zero-order valence-corrected chi connectivity index (χ0v) is 14.2. The molecule has 1 aliphatic heterocycles. The maximum atomic E-state index is 12.7. The lowest BCUT2D eigenvalue weighted by molar-refractivity contribution is 0.594. The first kappa shape index (κ1) is 15.7. The molecule has 0 bridgehead atoms. The van der Waals surface area contributed by atoms with Gasteiger partial charge in [0.25, 0.3) is 10.0 Å². The predicted octanol–water partition coefficient (Wildman–Crippen LogP) is 3.45. The van der Waals surface area contributed by atoms with E-state index in [0.717, 1.165) is 29.7 Å². The fraction of sp³-hybridized carbons (Fsp3) is 0.278. The lowest BCUT2D eigenvalue weighted by Gasteiger charge is -2.28. The minimum absolute atomic E-state index is 0.498. The largest absolute Gasteiger partial charge is 0.265 e. The van der Waals surface area contributed by atoms with Gasteiger partial charge in [0.05, 0.1) is 16.8 Å². The molecule has 0 unspecified atom stereocenters. The van der Waals surface area contributed by atoms with E-state index >= 15 is 0 Å². The van der Waals surface area contributed by atoms with Gasteiger partial charge in [-0.3, -0.25) is 9.29 Å². The Morgan fingerprint density at radius 1 is 1.17 bits per heavy atom. The third-order valence-corrected chi connectivity index (χ3v) is 5.65. The van der Waals surface area contributed by atoms with Crippen molar-refractivity contribution in [1.82, 2.24) is 4.98 Å². The molecule has 3 rings (SSSR count). The highest BCUT2D eigenvalue weighted by Crippen LogP contribution is 2.28. The van der Waals surface area contributed by atoms with Gasteiger partial charge in [0.2, 0.25) is 0 Å². The summed E-state index contributed by atoms with van der Waals surface area (Å²) in [5, 5.41) is 1.29. The first-order valence-corrected chi connectivity index (χ1v) is 9.20. The molecule has 1 aromatic heterocycles. The van der Waals surface area contributed by atoms with Crippen molar-refractivity contribution >= 4 is 21.8 Å². The number of anilines is 1. The number of nitrogens with zero attached hydrogens (tertiary/aromatic N) is 2. The van der Waals surface area contributed by atoms with Gasteiger partial charge in [-0.1, -0.05) is 18.2 Å². The van der Waals surface area contributed by atoms with E-state index in [9.17, 15) is 8.42 Å². The Morgan fingerprint density at radius 2 is 2.00 bits per heavy atom. The topological polar surface area (TPSA) is 50.3 Å². The number of rotatable bonds is 3. The molecule has 120 valence electrons. The van der Waals surface area contributed by atoms with Crippen molar-refractivity contribution in [2.24, 2.45) is 0 Å². The minimum Gasteiger partial charge on any atom is -0.265 e. The Balaban J connectivity index is 1.90. The molecule has 0 atom stereocenters. The van der Waals surface area contributed by atoms with Gasteiger partial charge >= 0.3 is 0 Å². The van der Waals surface area contributed by atoms with Crippen molar-refractivity contribution in [3.63, 3.8) is 0 Å². The summed E-state index contributed by atoms with van der Waals surface area (Å²) >= 11 is 0. The van der Waals surface area contributed by atoms with Gasteiger partial charge in [-0.05, 0) is 61.6 Å². The van der Waals surface area contributed by atoms with Gasteiger partial charge in [-0.2, -0.15) is 0 Å². The maximum Gasteiger partial charge on any atom is 0.257 e. The lowest BCUT2D eigenvalue weighted by atomic mass is 10.1. The van der Waals surface area contributed by atoms with Crippen LogP contribution in [-0.2, 0) is 16.4 Å². The van der Waals surface area contributed by atoms with Crippen molar-refractivity contribution < 1.29 is 8.42 Å². The summed E-state index contributed by atoms with van der Waals surface area (Å²) in [5.41, 5.74) is 4.78. The number of hydrogen-bond acceptors (Lipinski definition) is 3. The molecule has 0 N–H and O–H groups in total. The Morgan fingerprint density at radius 3 is 2.78 bits per heavy atom. The van der Waals surface area contributed by atoms with E-state index in [0.29, 0.717) is 12.2 Å². The van der Waals surface area contributed by atoms with Crippen LogP contribution < -0.4 is 4.31 Å². The molecular formula is C18H20N2O2S. The van der Waals surface area contributed by atoms with E-state index in [2.05, 4.69) is 4.98 Å². The number of aryl methyl sites for hydroxylation is 3. The van der Waals surface area contributed by atoms with Gasteiger partial charge < -0.3 is 0 Å². The second-order valence-electron chi connectivity index (χ2n) is 5.84. The normalized spacial score (nSPS) is 15.0. The number of pyridine rings is 1. The molecule has 0 saturated heterocycles. The summed E-state index contributed by atoms with van der Waals surface area (Å²) < 4.78 is 26.8. The van der Waals surface area contributed by atoms with Gasteiger partial charge in [0.15, 0.2) is 0 Å². The number of sulfonamides is 1. The number of fused-ring (bicyclic) bond motifs is 1. The molecule has 1 aliphatic rings. The Bertz CT molecular complexity index is 857. The molecule has 2 aromatic rings. The number of aromatic nitrogens is 1. The highest BCUT2D eigenvalue weighted by atomic mass is 32.2. The molecule has 0 aliphatic carbocycles. The van der Waals surface area contributed by atoms with Crippen LogP contribution in [0.1, 0.15) is 28.8 Å². The summed E-state index contributed by atoms with van der Waals surface area (Å²) in [6.45, 7) is 4.56. The van der Waals surface area contributed by atoms with Gasteiger partial charge in [0.1, 0.15) is 0 Å². The van der Waals surface area contributed by atoms with Crippen molar-refractivity contribution in [3.05, 3.63) is 64.3 Å². The van der Waals surface area contributed by atoms with Gasteiger partial charge in [-0.15, -0.1) is 0 Å². The lowest BCUT2D eigenvalue weighted by Crippen LogP contribution is -2.34. The molecule has 2 heterocycles. The third-order valence-electron chi connectivity index (χ3n) is 4.18. The van der Waals surface area contributed by atoms with Gasteiger partial charge in [-0.25, -0.2) is 8.42 Å². The first-order chi connectivity index (χ1) is 11.0. The molecule has 0 amide bonds. The molecular weight excluding hydrogens is 308 g/mol. The number of benzene rings is 1. The monoisotopic (exact) mass is 328 g/mol. The standard InChI is InChI=1S/C18H20N2O2S/c1-14-7-8-16(13-15(14)2)9-12-23(21,22)20-11-4-5-17-18(20)6-3-10-19-17/h3,6-10,12-13H,4-5,11H2,1-2H3/b12-9+. The molecule has 0 spiro atoms. The molecule has 4 nitrogen and oxygen atoms in total. The van der Waals surface area contributed by atoms with Crippen LogP contribution in [0.25, 0.3) is 6.08 Å². The highest BCUT2D eigenvalue weighted by molar-refractivity contribution is 7.95. The van der Waals surface area contributed by atoms with Crippen LogP contribution in [-0.4, -0.2) is 19.9 Å². The molecule has 1 aromatic carbocycles. The first-order valence-electron chi connectivity index (χ1n) is 7.69. The quantitative estimate of drug-likeness (QED) is 0.867. The Hall–Kier alpha value is -2.14. The Kier molecular flexibility index (Phi) is 4.22. The van der Waals surface area contributed by atoms with E-state index in [1.54, 1.807) is 18.3 Å². The zero-order chi connectivity index (χ0) is 16.4. The van der Waals surface area contributed by atoms with Crippen molar-refractivity contribution in [1.29, 1.82) is 0 Å². The SMILES string of the molecule is Cc1ccc(/C=C/S(=O)(=O)N2CCCc3ncccc32)cc1C. The highest BCUT2D eigenvalue weighted by Gasteiger charge is 2.25. The van der Waals surface area contributed by atoms with Crippen molar-refractivity contribution in [2.45, 2.75) is 26.7 Å². The van der Waals surface area contributed by atoms with Crippen molar-refractivity contribution in [2.75, 3.05) is 10.8 Å². The van der Waals surface area contributed by atoms with Crippen molar-refractivity contribution in [3.8, 4) is 0 Å². The molecule has 0 saturated carbocycles. The summed E-state index contributed by atoms with van der Waals surface area (Å²) in [7, 11) is -3.51. The summed E-state index contributed by atoms with van der Waals surface area (Å²) in [4.78, 5) is 4.29. The van der Waals surface area contributed by atoms with Gasteiger partial charge in [0, 0.05) is 12.7 Å². The van der Waals surface area contributed by atoms with Crippen LogP contribution in [0.5, 0.6) is 0 Å². The predicted molar refractivity (Wildman–Crippen MR) is 93.8 cm³/mol. The molecule has 0 radical (unpaired) electrons. The average Bonchev–Trinajstić information content (AvgIpc) is 2.55. The van der Waals surface area contributed by atoms with Crippen LogP contribution in [0.3, 0.4) is 0 Å². The second-order valence-corrected chi connectivity index (χ2v) is 7.58. The van der Waals surface area contributed by atoms with E-state index in [1.807, 2.05) is 38.1 Å². The summed E-state index contributed by atoms with van der Waals surface area (Å²) in [6.07, 6.45) is 4.98. The minimum atomic E-state index is -3.51. The average molecular weight is 328 g/mol. The van der Waals surface area contributed by atoms with E-state index in [1.165, 1.54) is 15.3 Å². The van der Waals surface area contributed by atoms with E-state index in [-0.39, 0.29) is 0 Å². The van der Waals surface area contributed by atoms with Crippen LogP contribution in [0, 0.1) is 13.8 Å². The maximum absolute atomic E-state index is 12.7. The van der Waals surface area contributed by atoms with Crippen LogP contribution >= 0.6 is 0 Å². The summed E-state index contributed by atoms with van der Waals surface area (Å²) in [6, 6.07) is 9.53. The van der Waals surface area contributed by atoms with Crippen LogP contribution in [0.2, 0.25) is 0 Å². The number of hydrogen-bond donors (Lipinski definition) is 0.